The van der Waals surface area contributed by atoms with Gasteiger partial charge in [-0.25, -0.2) is 19.1 Å². The number of rotatable bonds is 2. The van der Waals surface area contributed by atoms with Gasteiger partial charge >= 0.3 is 15.6 Å². The number of hydrogen-bond donors (Lipinski definition) is 7. The molecule has 4 aromatic rings. The van der Waals surface area contributed by atoms with E-state index in [0.717, 1.165) is 10.9 Å². The smallest absolute Gasteiger partial charge is 0.386 e. The van der Waals surface area contributed by atoms with Crippen molar-refractivity contribution in [1.82, 2.24) is 39.0 Å². The topological polar surface area (TPSA) is 329 Å². The molecule has 0 spiro atoms. The highest BCUT2D eigenvalue weighted by atomic mass is 31.2. The van der Waals surface area contributed by atoms with E-state index in [1.807, 2.05) is 0 Å². The number of aromatic amines is 2. The lowest BCUT2D eigenvalue weighted by molar-refractivity contribution is -0.0662. The summed E-state index contributed by atoms with van der Waals surface area (Å²) in [7, 11) is -9.90. The fourth-order valence-corrected chi connectivity index (χ4v) is 7.27. The number of hydrogen-bond acceptors (Lipinski definition) is 17. The maximum absolute atomic E-state index is 13.1. The van der Waals surface area contributed by atoms with Gasteiger partial charge in [-0.15, -0.1) is 0 Å². The zero-order valence-electron chi connectivity index (χ0n) is 22.5. The fourth-order valence-electron chi connectivity index (χ4n) is 5.35. The van der Waals surface area contributed by atoms with Crippen molar-refractivity contribution in [2.45, 2.75) is 49.4 Å². The Morgan fingerprint density at radius 3 is 2.02 bits per heavy atom. The van der Waals surface area contributed by atoms with Crippen molar-refractivity contribution in [2.75, 3.05) is 24.7 Å². The Morgan fingerprint density at radius 2 is 1.38 bits per heavy atom. The van der Waals surface area contributed by atoms with Crippen LogP contribution in [0, 0.1) is 0 Å². The number of phosphoric acid groups is 2. The predicted molar refractivity (Wildman–Crippen MR) is 145 cm³/mol. The molecule has 45 heavy (non-hydrogen) atoms. The van der Waals surface area contributed by atoms with Gasteiger partial charge in [-0.2, -0.15) is 9.97 Å². The molecule has 9 atom stereocenters. The Balaban J connectivity index is 1.16. The molecule has 0 aromatic carbocycles. The Kier molecular flexibility index (Phi) is 7.18. The van der Waals surface area contributed by atoms with Crippen LogP contribution in [0.15, 0.2) is 22.2 Å². The SMILES string of the molecule is Nc1nc2c(ncn2[C@@H]2O[C@@H]3COP(=O)(O)O[C@H]4C[C@H](n5cnc6c(=O)[nH]c(N)nc65)O[C@H]4COP(=O)(O)O[C@H]3[C@H]2O)c(=O)[nH]1. The maximum Gasteiger partial charge on any atom is 0.472 e. The van der Waals surface area contributed by atoms with Gasteiger partial charge in [0.1, 0.15) is 36.7 Å². The van der Waals surface area contributed by atoms with Crippen LogP contribution < -0.4 is 22.6 Å². The molecule has 4 aromatic heterocycles. The minimum Gasteiger partial charge on any atom is -0.386 e. The molecule has 0 aliphatic carbocycles. The average Bonchev–Trinajstić information content (AvgIpc) is 3.71. The van der Waals surface area contributed by atoms with Crippen molar-refractivity contribution >= 4 is 49.9 Å². The average molecular weight is 674 g/mol. The number of nitrogens with two attached hydrogens (primary N) is 2. The molecule has 2 unspecified atom stereocenters. The van der Waals surface area contributed by atoms with Crippen LogP contribution in [0.5, 0.6) is 0 Å². The monoisotopic (exact) mass is 674 g/mol. The van der Waals surface area contributed by atoms with Crippen molar-refractivity contribution < 1.29 is 51.6 Å². The minimum atomic E-state index is -5.00. The van der Waals surface area contributed by atoms with Crippen molar-refractivity contribution in [3.05, 3.63) is 33.4 Å². The van der Waals surface area contributed by atoms with E-state index in [0.29, 0.717) is 0 Å². The molecule has 9 N–H and O–H groups in total. The lowest BCUT2D eigenvalue weighted by Crippen LogP contribution is -2.37. The molecule has 7 heterocycles. The van der Waals surface area contributed by atoms with E-state index in [2.05, 4.69) is 29.9 Å². The van der Waals surface area contributed by atoms with Gasteiger partial charge in [0.2, 0.25) is 11.9 Å². The van der Waals surface area contributed by atoms with Gasteiger partial charge in [0.05, 0.1) is 25.9 Å². The Bertz CT molecular complexity index is 2010. The first-order valence-electron chi connectivity index (χ1n) is 13.0. The summed E-state index contributed by atoms with van der Waals surface area (Å²) in [4.78, 5) is 66.2. The second-order valence-electron chi connectivity index (χ2n) is 10.2. The first-order chi connectivity index (χ1) is 21.3. The standard InChI is InChI=1S/C20H24N10O13P2/c21-19-25-14-10(16(32)27-19)23-4-29(14)9-1-6-7(40-9)2-38-45(36,37)43-13-8(3-39-44(34,35)42-6)41-18(12(13)31)30-5-24-11-15(30)26-20(22)28-17(11)33/h4-9,12-13,18,31H,1-3H2,(H,34,35)(H,36,37)(H3,21,25,27,32)(H3,22,26,28,33)/t6-,7-,8+,9+,12+,13+,18+/m0/s1. The van der Waals surface area contributed by atoms with E-state index in [9.17, 15) is 33.6 Å². The first kappa shape index (κ1) is 30.1. The molecule has 3 saturated heterocycles. The number of aromatic nitrogens is 8. The van der Waals surface area contributed by atoms with Crippen LogP contribution in [0.25, 0.3) is 22.3 Å². The van der Waals surface area contributed by atoms with Gasteiger partial charge in [0.15, 0.2) is 28.6 Å². The highest BCUT2D eigenvalue weighted by molar-refractivity contribution is 7.47. The van der Waals surface area contributed by atoms with Crippen molar-refractivity contribution in [3.8, 4) is 0 Å². The molecule has 0 radical (unpaired) electrons. The highest BCUT2D eigenvalue weighted by Crippen LogP contribution is 2.53. The number of imidazole rings is 2. The van der Waals surface area contributed by atoms with Crippen LogP contribution in [0.4, 0.5) is 11.9 Å². The summed E-state index contributed by atoms with van der Waals surface area (Å²) in [5.41, 5.74) is 9.75. The lowest BCUT2D eigenvalue weighted by Gasteiger charge is -2.27. The third kappa shape index (κ3) is 5.47. The third-order valence-electron chi connectivity index (χ3n) is 7.30. The molecule has 0 bridgehead atoms. The largest absolute Gasteiger partial charge is 0.472 e. The number of fused-ring (bicyclic) bond motifs is 4. The number of nitrogen functional groups attached to an aromatic ring is 2. The second-order valence-corrected chi connectivity index (χ2v) is 13.0. The van der Waals surface area contributed by atoms with Crippen LogP contribution in [-0.4, -0.2) is 97.7 Å². The molecular formula is C20H24N10O13P2. The summed E-state index contributed by atoms with van der Waals surface area (Å²) in [6, 6.07) is 0. The quantitative estimate of drug-likeness (QED) is 0.113. The lowest BCUT2D eigenvalue weighted by atomic mass is 10.1. The number of H-pyrrole nitrogens is 2. The van der Waals surface area contributed by atoms with Gasteiger partial charge in [0.25, 0.3) is 11.1 Å². The van der Waals surface area contributed by atoms with Crippen molar-refractivity contribution in [3.63, 3.8) is 0 Å². The summed E-state index contributed by atoms with van der Waals surface area (Å²) >= 11 is 0. The number of nitrogens with zero attached hydrogens (tertiary/aromatic N) is 6. The molecule has 7 rings (SSSR count). The van der Waals surface area contributed by atoms with E-state index in [1.54, 1.807) is 0 Å². The summed E-state index contributed by atoms with van der Waals surface area (Å²) in [5.74, 6) is -0.456. The summed E-state index contributed by atoms with van der Waals surface area (Å²) in [6.45, 7) is -1.48. The Hall–Kier alpha value is -3.60. The number of nitrogens with one attached hydrogen (secondary N) is 2. The van der Waals surface area contributed by atoms with E-state index < -0.39 is 83.0 Å². The third-order valence-corrected chi connectivity index (χ3v) is 9.30. The number of phosphoric ester groups is 2. The molecule has 25 heteroatoms. The van der Waals surface area contributed by atoms with Gasteiger partial charge in [0, 0.05) is 6.42 Å². The van der Waals surface area contributed by atoms with Gasteiger partial charge in [-0.1, -0.05) is 0 Å². The van der Waals surface area contributed by atoms with Gasteiger partial charge < -0.3 is 35.8 Å². The maximum atomic E-state index is 13.1. The normalized spacial score (nSPS) is 36.0. The molecule has 3 fully saturated rings. The number of ether oxygens (including phenoxy) is 2. The Morgan fingerprint density at radius 1 is 0.822 bits per heavy atom. The van der Waals surface area contributed by atoms with E-state index in [-0.39, 0.29) is 40.6 Å². The molecule has 3 aliphatic heterocycles. The fraction of sp³-hybridized carbons (Fsp3) is 0.500. The van der Waals surface area contributed by atoms with Crippen LogP contribution in [0.1, 0.15) is 18.9 Å². The van der Waals surface area contributed by atoms with Crippen LogP contribution >= 0.6 is 15.6 Å². The van der Waals surface area contributed by atoms with Crippen LogP contribution in [0.2, 0.25) is 0 Å². The van der Waals surface area contributed by atoms with Crippen molar-refractivity contribution in [1.29, 1.82) is 0 Å². The highest BCUT2D eigenvalue weighted by Gasteiger charge is 2.52. The number of aliphatic hydroxyl groups excluding tert-OH is 1. The predicted octanol–water partition coefficient (Wildman–Crippen LogP) is -2.02. The molecule has 0 saturated carbocycles. The van der Waals surface area contributed by atoms with Crippen LogP contribution in [0.3, 0.4) is 0 Å². The molecule has 23 nitrogen and oxygen atoms in total. The first-order valence-corrected chi connectivity index (χ1v) is 16.0. The number of anilines is 2. The zero-order chi connectivity index (χ0) is 31.8. The molecule has 242 valence electrons. The van der Waals surface area contributed by atoms with E-state index in [4.69, 9.17) is 39.0 Å². The van der Waals surface area contributed by atoms with Gasteiger partial charge in [-0.3, -0.25) is 46.8 Å². The molecular weight excluding hydrogens is 650 g/mol. The molecule has 0 amide bonds. The number of aliphatic hydroxyl groups is 1. The summed E-state index contributed by atoms with van der Waals surface area (Å²) in [5, 5.41) is 11.1. The molecule has 3 aliphatic rings. The van der Waals surface area contributed by atoms with Gasteiger partial charge in [-0.05, 0) is 0 Å². The Labute approximate surface area is 248 Å². The van der Waals surface area contributed by atoms with E-state index in [1.165, 1.54) is 10.9 Å². The summed E-state index contributed by atoms with van der Waals surface area (Å²) < 4.78 is 61.2. The van der Waals surface area contributed by atoms with Crippen LogP contribution in [-0.2, 0) is 36.7 Å². The van der Waals surface area contributed by atoms with Crippen molar-refractivity contribution in [2.24, 2.45) is 0 Å². The zero-order valence-corrected chi connectivity index (χ0v) is 24.3. The van der Waals surface area contributed by atoms with E-state index >= 15 is 0 Å². The summed E-state index contributed by atoms with van der Waals surface area (Å²) in [6.07, 6.45) is -7.63. The second kappa shape index (κ2) is 10.7. The minimum absolute atomic E-state index is 0.0424.